The Bertz CT molecular complexity index is 947. The highest BCUT2D eigenvalue weighted by Gasteiger charge is 2.17. The second-order valence-electron chi connectivity index (χ2n) is 6.24. The Morgan fingerprint density at radius 1 is 1.20 bits per heavy atom. The van der Waals surface area contributed by atoms with Crippen molar-refractivity contribution in [3.05, 3.63) is 47.0 Å². The lowest BCUT2D eigenvalue weighted by Crippen LogP contribution is -2.10. The Hall–Kier alpha value is -2.93. The van der Waals surface area contributed by atoms with Gasteiger partial charge in [0, 0.05) is 12.2 Å². The van der Waals surface area contributed by atoms with Crippen molar-refractivity contribution < 1.29 is 15.0 Å². The number of amides is 1. The van der Waals surface area contributed by atoms with E-state index in [9.17, 15) is 15.0 Å². The van der Waals surface area contributed by atoms with Crippen LogP contribution < -0.4 is 5.73 Å². The number of phenols is 1. The van der Waals surface area contributed by atoms with E-state index in [2.05, 4.69) is 10.2 Å². The first-order chi connectivity index (χ1) is 11.9. The van der Waals surface area contributed by atoms with Crippen LogP contribution in [0, 0.1) is 0 Å². The lowest BCUT2D eigenvalue weighted by atomic mass is 9.97. The number of benzene rings is 2. The molecule has 0 fully saturated rings. The molecule has 0 atom stereocenters. The average Bonchev–Trinajstić information content (AvgIpc) is 2.98. The highest BCUT2D eigenvalue weighted by Crippen LogP contribution is 2.33. The van der Waals surface area contributed by atoms with Gasteiger partial charge in [0.05, 0.1) is 0 Å². The average molecular weight is 340 g/mol. The van der Waals surface area contributed by atoms with Gasteiger partial charge in [-0.15, -0.1) is 15.0 Å². The van der Waals surface area contributed by atoms with Crippen LogP contribution in [0.2, 0.25) is 0 Å². The minimum Gasteiger partial charge on any atom is -0.505 e. The molecule has 0 saturated carbocycles. The Morgan fingerprint density at radius 2 is 1.92 bits per heavy atom. The number of nitrogens with zero attached hydrogens (tertiary/aromatic N) is 3. The molecule has 1 aromatic heterocycles. The van der Waals surface area contributed by atoms with Crippen LogP contribution >= 0.6 is 0 Å². The molecule has 4 N–H and O–H groups in total. The number of hydrogen-bond acceptors (Lipinski definition) is 5. The van der Waals surface area contributed by atoms with Crippen molar-refractivity contribution in [1.82, 2.24) is 15.0 Å². The van der Waals surface area contributed by atoms with E-state index in [0.717, 1.165) is 11.1 Å². The van der Waals surface area contributed by atoms with E-state index in [1.807, 2.05) is 19.9 Å². The van der Waals surface area contributed by atoms with Crippen molar-refractivity contribution in [2.45, 2.75) is 26.2 Å². The minimum absolute atomic E-state index is 0.0121. The molecule has 3 aromatic rings. The number of nitrogens with two attached hydrogens (primary N) is 1. The topological polar surface area (TPSA) is 114 Å². The number of hydrogen-bond donors (Lipinski definition) is 3. The smallest absolute Gasteiger partial charge is 0.248 e. The van der Waals surface area contributed by atoms with E-state index < -0.39 is 5.91 Å². The number of carbonyl (C=O) groups excluding carboxylic acids is 1. The zero-order valence-electron chi connectivity index (χ0n) is 14.1. The molecule has 0 unspecified atom stereocenters. The van der Waals surface area contributed by atoms with Gasteiger partial charge in [-0.1, -0.05) is 19.9 Å². The number of aliphatic hydroxyl groups is 1. The van der Waals surface area contributed by atoms with Crippen LogP contribution in [-0.2, 0) is 6.42 Å². The summed E-state index contributed by atoms with van der Waals surface area (Å²) in [5, 5.41) is 28.6. The predicted molar refractivity (Wildman–Crippen MR) is 93.9 cm³/mol. The number of primary amides is 1. The molecule has 1 heterocycles. The molecular formula is C18H20N4O3. The first-order valence-corrected chi connectivity index (χ1v) is 8.04. The van der Waals surface area contributed by atoms with Crippen LogP contribution in [0.25, 0.3) is 16.7 Å². The van der Waals surface area contributed by atoms with Crippen molar-refractivity contribution >= 4 is 16.9 Å². The van der Waals surface area contributed by atoms with Gasteiger partial charge in [-0.05, 0) is 47.7 Å². The SMILES string of the molecule is CC(C)c1cc(CCO)cc(-n2nc3ccc(C(N)=O)cc3n2)c1O. The van der Waals surface area contributed by atoms with E-state index in [4.69, 9.17) is 5.73 Å². The third kappa shape index (κ3) is 3.18. The minimum atomic E-state index is -0.536. The monoisotopic (exact) mass is 340 g/mol. The van der Waals surface area contributed by atoms with Crippen LogP contribution in [-0.4, -0.2) is 37.7 Å². The molecule has 0 aliphatic heterocycles. The Balaban J connectivity index is 2.17. The summed E-state index contributed by atoms with van der Waals surface area (Å²) in [6.07, 6.45) is 0.472. The molecule has 3 rings (SSSR count). The van der Waals surface area contributed by atoms with Crippen molar-refractivity contribution in [3.8, 4) is 11.4 Å². The largest absolute Gasteiger partial charge is 0.505 e. The Labute approximate surface area is 144 Å². The van der Waals surface area contributed by atoms with E-state index in [0.29, 0.717) is 28.7 Å². The zero-order chi connectivity index (χ0) is 18.1. The third-order valence-electron chi connectivity index (χ3n) is 4.08. The maximum Gasteiger partial charge on any atom is 0.248 e. The van der Waals surface area contributed by atoms with Gasteiger partial charge in [0.1, 0.15) is 22.5 Å². The lowest BCUT2D eigenvalue weighted by Gasteiger charge is -2.14. The summed E-state index contributed by atoms with van der Waals surface area (Å²) in [4.78, 5) is 12.7. The molecule has 0 spiro atoms. The maximum atomic E-state index is 11.3. The predicted octanol–water partition coefficient (Wildman–Crippen LogP) is 1.88. The van der Waals surface area contributed by atoms with E-state index in [1.54, 1.807) is 24.3 Å². The quantitative estimate of drug-likeness (QED) is 0.656. The maximum absolute atomic E-state index is 11.3. The van der Waals surface area contributed by atoms with Crippen molar-refractivity contribution in [2.24, 2.45) is 5.73 Å². The Morgan fingerprint density at radius 3 is 2.56 bits per heavy atom. The molecule has 7 nitrogen and oxygen atoms in total. The molecule has 2 aromatic carbocycles. The van der Waals surface area contributed by atoms with Crippen LogP contribution in [0.3, 0.4) is 0 Å². The summed E-state index contributed by atoms with van der Waals surface area (Å²) < 4.78 is 0. The van der Waals surface area contributed by atoms with Crippen LogP contribution in [0.4, 0.5) is 0 Å². The van der Waals surface area contributed by atoms with Gasteiger partial charge in [-0.2, -0.15) is 0 Å². The standard InChI is InChI=1S/C18H20N4O3/c1-10(2)13-7-11(5-6-23)8-16(17(13)24)22-20-14-4-3-12(18(19)25)9-15(14)21-22/h3-4,7-10,23-24H,5-6H2,1-2H3,(H2,19,25). The molecule has 0 aliphatic rings. The summed E-state index contributed by atoms with van der Waals surface area (Å²) >= 11 is 0. The summed E-state index contributed by atoms with van der Waals surface area (Å²) in [7, 11) is 0. The molecule has 0 bridgehead atoms. The van der Waals surface area contributed by atoms with Gasteiger partial charge in [-0.25, -0.2) is 0 Å². The van der Waals surface area contributed by atoms with Crippen LogP contribution in [0.1, 0.15) is 41.3 Å². The van der Waals surface area contributed by atoms with E-state index in [1.165, 1.54) is 4.80 Å². The molecule has 1 amide bonds. The van der Waals surface area contributed by atoms with Gasteiger partial charge in [0.15, 0.2) is 0 Å². The fourth-order valence-corrected chi connectivity index (χ4v) is 2.74. The van der Waals surface area contributed by atoms with E-state index >= 15 is 0 Å². The molecular weight excluding hydrogens is 320 g/mol. The summed E-state index contributed by atoms with van der Waals surface area (Å²) in [6.45, 7) is 3.97. The third-order valence-corrected chi connectivity index (χ3v) is 4.08. The lowest BCUT2D eigenvalue weighted by molar-refractivity contribution is 0.100. The zero-order valence-corrected chi connectivity index (χ0v) is 14.1. The Kier molecular flexibility index (Phi) is 4.41. The normalized spacial score (nSPS) is 11.4. The van der Waals surface area contributed by atoms with Crippen molar-refractivity contribution in [3.63, 3.8) is 0 Å². The second-order valence-corrected chi connectivity index (χ2v) is 6.24. The number of phenolic OH excluding ortho intramolecular Hbond substituents is 1. The first kappa shape index (κ1) is 16.9. The number of fused-ring (bicyclic) bond motifs is 1. The van der Waals surface area contributed by atoms with Crippen LogP contribution in [0.5, 0.6) is 5.75 Å². The number of carbonyl (C=O) groups is 1. The summed E-state index contributed by atoms with van der Waals surface area (Å²) in [5.74, 6) is -0.331. The second kappa shape index (κ2) is 6.52. The fourth-order valence-electron chi connectivity index (χ4n) is 2.74. The molecule has 25 heavy (non-hydrogen) atoms. The van der Waals surface area contributed by atoms with Gasteiger partial charge >= 0.3 is 0 Å². The number of rotatable bonds is 5. The summed E-state index contributed by atoms with van der Waals surface area (Å²) in [6, 6.07) is 8.46. The number of aromatic hydroxyl groups is 1. The molecule has 0 aliphatic carbocycles. The molecule has 0 saturated heterocycles. The van der Waals surface area contributed by atoms with Gasteiger partial charge in [0.25, 0.3) is 0 Å². The molecule has 0 radical (unpaired) electrons. The van der Waals surface area contributed by atoms with Gasteiger partial charge in [-0.3, -0.25) is 4.79 Å². The van der Waals surface area contributed by atoms with Gasteiger partial charge < -0.3 is 15.9 Å². The van der Waals surface area contributed by atoms with Gasteiger partial charge in [0.2, 0.25) is 5.91 Å². The number of aliphatic hydroxyl groups excluding tert-OH is 1. The number of aromatic nitrogens is 3. The van der Waals surface area contributed by atoms with Crippen LogP contribution in [0.15, 0.2) is 30.3 Å². The molecule has 130 valence electrons. The van der Waals surface area contributed by atoms with Crippen molar-refractivity contribution in [1.29, 1.82) is 0 Å². The fraction of sp³-hybridized carbons (Fsp3) is 0.278. The first-order valence-electron chi connectivity index (χ1n) is 8.04. The summed E-state index contributed by atoms with van der Waals surface area (Å²) in [5.41, 5.74) is 8.83. The highest BCUT2D eigenvalue weighted by atomic mass is 16.3. The van der Waals surface area contributed by atoms with E-state index in [-0.39, 0.29) is 18.3 Å². The highest BCUT2D eigenvalue weighted by molar-refractivity contribution is 5.96. The molecule has 7 heteroatoms. The van der Waals surface area contributed by atoms with Crippen molar-refractivity contribution in [2.75, 3.05) is 6.61 Å².